The van der Waals surface area contributed by atoms with Gasteiger partial charge in [-0.05, 0) is 54.1 Å². The van der Waals surface area contributed by atoms with Gasteiger partial charge in [-0.25, -0.2) is 0 Å². The van der Waals surface area contributed by atoms with Gasteiger partial charge in [0, 0.05) is 49.6 Å². The van der Waals surface area contributed by atoms with Crippen molar-refractivity contribution in [2.75, 3.05) is 0 Å². The Bertz CT molecular complexity index is 3190. The number of para-hydroxylation sites is 4. The molecule has 7 aromatic carbocycles. The number of nitriles is 3. The van der Waals surface area contributed by atoms with Gasteiger partial charge in [0.2, 0.25) is 0 Å². The number of aromatic nitrogens is 2. The molecule has 0 unspecified atom stereocenters. The highest BCUT2D eigenvalue weighted by Gasteiger charge is 2.24. The van der Waals surface area contributed by atoms with E-state index in [4.69, 9.17) is 4.42 Å². The van der Waals surface area contributed by atoms with Crippen LogP contribution in [0, 0.1) is 34.0 Å². The molecule has 0 aliphatic carbocycles. The van der Waals surface area contributed by atoms with Gasteiger partial charge in [-0.1, -0.05) is 84.9 Å². The molecule has 6 heteroatoms. The van der Waals surface area contributed by atoms with Gasteiger partial charge < -0.3 is 13.6 Å². The first kappa shape index (κ1) is 28.4. The molecule has 0 saturated carbocycles. The maximum Gasteiger partial charge on any atom is 0.137 e. The molecule has 0 amide bonds. The molecule has 0 bridgehead atoms. The fourth-order valence-corrected chi connectivity index (χ4v) is 7.91. The first-order valence-electron chi connectivity index (χ1n) is 16.5. The van der Waals surface area contributed by atoms with Crippen molar-refractivity contribution < 1.29 is 4.42 Å². The summed E-state index contributed by atoms with van der Waals surface area (Å²) >= 11 is 0. The van der Waals surface area contributed by atoms with Crippen molar-refractivity contribution in [2.24, 2.45) is 0 Å². The van der Waals surface area contributed by atoms with Crippen molar-refractivity contribution in [3.05, 3.63) is 156 Å². The number of fused-ring (bicyclic) bond motifs is 9. The van der Waals surface area contributed by atoms with Gasteiger partial charge >= 0.3 is 0 Å². The summed E-state index contributed by atoms with van der Waals surface area (Å²) in [7, 11) is 0. The molecule has 234 valence electrons. The van der Waals surface area contributed by atoms with Crippen molar-refractivity contribution in [2.45, 2.75) is 0 Å². The van der Waals surface area contributed by atoms with Crippen LogP contribution >= 0.6 is 0 Å². The third-order valence-electron chi connectivity index (χ3n) is 10.0. The predicted molar refractivity (Wildman–Crippen MR) is 202 cm³/mol. The zero-order chi connectivity index (χ0) is 34.2. The average molecular weight is 650 g/mol. The maximum absolute atomic E-state index is 10.7. The van der Waals surface area contributed by atoms with E-state index < -0.39 is 0 Å². The summed E-state index contributed by atoms with van der Waals surface area (Å²) in [5, 5.41) is 38.4. The van der Waals surface area contributed by atoms with Crippen LogP contribution in [0.3, 0.4) is 0 Å². The molecular weight excluding hydrogens is 627 g/mol. The Labute approximate surface area is 291 Å². The van der Waals surface area contributed by atoms with E-state index in [9.17, 15) is 15.8 Å². The minimum atomic E-state index is 0.164. The zero-order valence-corrected chi connectivity index (χ0v) is 26.9. The van der Waals surface area contributed by atoms with Crippen LogP contribution in [0.5, 0.6) is 0 Å². The highest BCUT2D eigenvalue weighted by atomic mass is 16.3. The fraction of sp³-hybridized carbons (Fsp3) is 0. The summed E-state index contributed by atoms with van der Waals surface area (Å²) in [5.41, 5.74) is 8.55. The second kappa shape index (κ2) is 10.7. The van der Waals surface area contributed by atoms with Crippen LogP contribution in [0.15, 0.2) is 144 Å². The number of nitrogens with zero attached hydrogens (tertiary/aromatic N) is 5. The second-order valence-corrected chi connectivity index (χ2v) is 12.6. The summed E-state index contributed by atoms with van der Waals surface area (Å²) < 4.78 is 10.5. The van der Waals surface area contributed by atoms with E-state index in [0.29, 0.717) is 22.4 Å². The molecule has 3 heterocycles. The molecule has 0 saturated heterocycles. The van der Waals surface area contributed by atoms with Crippen molar-refractivity contribution in [3.8, 4) is 40.7 Å². The molecule has 10 rings (SSSR count). The van der Waals surface area contributed by atoms with E-state index >= 15 is 0 Å². The Hall–Kier alpha value is -7.59. The Morgan fingerprint density at radius 2 is 1.04 bits per heavy atom. The van der Waals surface area contributed by atoms with E-state index in [1.165, 1.54) is 0 Å². The molecule has 3 aromatic heterocycles. The number of hydrogen-bond donors (Lipinski definition) is 0. The lowest BCUT2D eigenvalue weighted by atomic mass is 9.90. The summed E-state index contributed by atoms with van der Waals surface area (Å²) in [6.45, 7) is 0. The summed E-state index contributed by atoms with van der Waals surface area (Å²) in [6, 6.07) is 53.2. The predicted octanol–water partition coefficient (Wildman–Crippen LogP) is 11.1. The lowest BCUT2D eigenvalue weighted by molar-refractivity contribution is 0.669. The fourth-order valence-electron chi connectivity index (χ4n) is 7.91. The number of hydrogen-bond acceptors (Lipinski definition) is 4. The van der Waals surface area contributed by atoms with Crippen molar-refractivity contribution in [1.82, 2.24) is 9.13 Å². The van der Waals surface area contributed by atoms with E-state index in [1.807, 2.05) is 108 Å². The van der Waals surface area contributed by atoms with Gasteiger partial charge in [0.05, 0.1) is 50.5 Å². The third-order valence-corrected chi connectivity index (χ3v) is 10.0. The van der Waals surface area contributed by atoms with E-state index in [1.54, 1.807) is 6.07 Å². The monoisotopic (exact) mass is 649 g/mol. The number of rotatable bonds is 3. The Morgan fingerprint density at radius 3 is 1.71 bits per heavy atom. The summed E-state index contributed by atoms with van der Waals surface area (Å²) in [6.07, 6.45) is 0. The molecule has 0 aliphatic heterocycles. The van der Waals surface area contributed by atoms with Gasteiger partial charge in [0.25, 0.3) is 0 Å². The number of furan rings is 1. The molecule has 0 radical (unpaired) electrons. The van der Waals surface area contributed by atoms with Crippen LogP contribution in [0.1, 0.15) is 16.7 Å². The Morgan fingerprint density at radius 1 is 0.431 bits per heavy atom. The topological polar surface area (TPSA) is 94.4 Å². The first-order valence-corrected chi connectivity index (χ1v) is 16.5. The van der Waals surface area contributed by atoms with E-state index in [-0.39, 0.29) is 11.1 Å². The quantitative estimate of drug-likeness (QED) is 0.190. The SMILES string of the molecule is N#Cc1cc(-n2c3ccccc3c3ccccc32)c(C#N)c(C#N)c1-c1cccc(-n2c3ccccc3c3cc4c(cc32)oc2ccccc24)c1. The molecule has 6 nitrogen and oxygen atoms in total. The third kappa shape index (κ3) is 3.95. The normalized spacial score (nSPS) is 11.5. The number of benzene rings is 7. The van der Waals surface area contributed by atoms with E-state index in [2.05, 4.69) is 53.1 Å². The highest BCUT2D eigenvalue weighted by molar-refractivity contribution is 6.17. The van der Waals surface area contributed by atoms with Crippen LogP contribution in [-0.2, 0) is 0 Å². The van der Waals surface area contributed by atoms with Crippen molar-refractivity contribution in [1.29, 1.82) is 15.8 Å². The highest BCUT2D eigenvalue weighted by Crippen LogP contribution is 2.41. The van der Waals surface area contributed by atoms with Gasteiger partial charge in [0.15, 0.2) is 0 Å². The Kier molecular flexibility index (Phi) is 5.97. The molecule has 0 fully saturated rings. The van der Waals surface area contributed by atoms with Crippen molar-refractivity contribution >= 4 is 65.6 Å². The van der Waals surface area contributed by atoms with Crippen LogP contribution in [-0.4, -0.2) is 9.13 Å². The van der Waals surface area contributed by atoms with Crippen LogP contribution in [0.4, 0.5) is 0 Å². The van der Waals surface area contributed by atoms with Crippen LogP contribution < -0.4 is 0 Å². The largest absolute Gasteiger partial charge is 0.456 e. The van der Waals surface area contributed by atoms with Crippen LogP contribution in [0.2, 0.25) is 0 Å². The molecule has 0 atom stereocenters. The molecule has 0 N–H and O–H groups in total. The van der Waals surface area contributed by atoms with Gasteiger partial charge in [-0.15, -0.1) is 0 Å². The Balaban J connectivity index is 1.23. The first-order chi connectivity index (χ1) is 25.2. The van der Waals surface area contributed by atoms with Gasteiger partial charge in [-0.2, -0.15) is 15.8 Å². The smallest absolute Gasteiger partial charge is 0.137 e. The second-order valence-electron chi connectivity index (χ2n) is 12.6. The standard InChI is InChI=1S/C45H23N5O/c46-24-28-21-41(50-39-17-6-1-12-30(39)31-13-2-7-18-40(31)50)36(25-47)37(26-48)45(28)27-10-9-11-29(20-27)49-38-16-5-3-14-32(38)34-22-35-33-15-4-8-19-43(33)51-44(35)23-42(34)49/h1-23H. The minimum Gasteiger partial charge on any atom is -0.456 e. The molecule has 51 heavy (non-hydrogen) atoms. The molecule has 0 spiro atoms. The van der Waals surface area contributed by atoms with Crippen molar-refractivity contribution in [3.63, 3.8) is 0 Å². The summed E-state index contributed by atoms with van der Waals surface area (Å²) in [4.78, 5) is 0. The zero-order valence-electron chi connectivity index (χ0n) is 26.9. The van der Waals surface area contributed by atoms with Crippen LogP contribution in [0.25, 0.3) is 88.1 Å². The average Bonchev–Trinajstić information content (AvgIpc) is 3.83. The van der Waals surface area contributed by atoms with Gasteiger partial charge in [-0.3, -0.25) is 0 Å². The molecule has 10 aromatic rings. The van der Waals surface area contributed by atoms with Gasteiger partial charge in [0.1, 0.15) is 23.3 Å². The summed E-state index contributed by atoms with van der Waals surface area (Å²) in [5.74, 6) is 0. The lowest BCUT2D eigenvalue weighted by Gasteiger charge is -2.16. The van der Waals surface area contributed by atoms with E-state index in [0.717, 1.165) is 71.2 Å². The molecule has 0 aliphatic rings. The molecular formula is C45H23N5O. The maximum atomic E-state index is 10.7. The lowest BCUT2D eigenvalue weighted by Crippen LogP contribution is -2.04. The minimum absolute atomic E-state index is 0.164.